The molecule has 0 fully saturated rings. The van der Waals surface area contributed by atoms with E-state index in [1.165, 1.54) is 0 Å². The van der Waals surface area contributed by atoms with Gasteiger partial charge in [0.05, 0.1) is 11.3 Å². The van der Waals surface area contributed by atoms with Crippen LogP contribution in [0, 0.1) is 6.92 Å². The van der Waals surface area contributed by atoms with Crippen LogP contribution in [0.4, 0.5) is 0 Å². The molecule has 4 heteroatoms. The highest BCUT2D eigenvalue weighted by atomic mass is 79.9. The molecule has 0 N–H and O–H groups in total. The molecule has 0 aliphatic carbocycles. The second-order valence-corrected chi connectivity index (χ2v) is 4.78. The number of halogens is 1. The number of hydrogen-bond acceptors (Lipinski definition) is 3. The van der Waals surface area contributed by atoms with Crippen LogP contribution in [0.5, 0.6) is 5.75 Å². The standard InChI is InChI=1S/C14H12BrNO2/c1-10-3-2-4-11(8-17)14(10)18-9-13-6-5-12(15)7-16-13/h2-8H,9H2,1H3. The van der Waals surface area contributed by atoms with E-state index in [0.29, 0.717) is 17.9 Å². The fourth-order valence-corrected chi connectivity index (χ4v) is 1.84. The Labute approximate surface area is 114 Å². The summed E-state index contributed by atoms with van der Waals surface area (Å²) in [7, 11) is 0. The van der Waals surface area contributed by atoms with Crippen LogP contribution in [0.1, 0.15) is 21.6 Å². The molecule has 0 unspecified atom stereocenters. The van der Waals surface area contributed by atoms with Crippen LogP contribution >= 0.6 is 15.9 Å². The van der Waals surface area contributed by atoms with Crippen LogP contribution in [0.15, 0.2) is 41.0 Å². The molecule has 0 radical (unpaired) electrons. The quantitative estimate of drug-likeness (QED) is 0.811. The first-order valence-corrected chi connectivity index (χ1v) is 6.28. The summed E-state index contributed by atoms with van der Waals surface area (Å²) in [6.07, 6.45) is 2.52. The second kappa shape index (κ2) is 5.78. The predicted molar refractivity (Wildman–Crippen MR) is 72.8 cm³/mol. The Morgan fingerprint density at radius 1 is 1.33 bits per heavy atom. The number of benzene rings is 1. The van der Waals surface area contributed by atoms with Crippen molar-refractivity contribution in [2.24, 2.45) is 0 Å². The zero-order valence-corrected chi connectivity index (χ0v) is 11.5. The fourth-order valence-electron chi connectivity index (χ4n) is 1.60. The number of hydrogen-bond donors (Lipinski definition) is 0. The van der Waals surface area contributed by atoms with E-state index in [1.54, 1.807) is 12.3 Å². The van der Waals surface area contributed by atoms with E-state index in [4.69, 9.17) is 4.74 Å². The van der Waals surface area contributed by atoms with Gasteiger partial charge in [-0.15, -0.1) is 0 Å². The molecule has 0 saturated heterocycles. The van der Waals surface area contributed by atoms with E-state index in [1.807, 2.05) is 31.2 Å². The van der Waals surface area contributed by atoms with Crippen molar-refractivity contribution < 1.29 is 9.53 Å². The van der Waals surface area contributed by atoms with Crippen molar-refractivity contribution in [2.75, 3.05) is 0 Å². The molecule has 0 aliphatic rings. The van der Waals surface area contributed by atoms with Gasteiger partial charge in [-0.25, -0.2) is 0 Å². The Morgan fingerprint density at radius 3 is 2.83 bits per heavy atom. The minimum absolute atomic E-state index is 0.346. The Balaban J connectivity index is 2.15. The largest absolute Gasteiger partial charge is 0.486 e. The van der Waals surface area contributed by atoms with Crippen molar-refractivity contribution in [3.05, 3.63) is 57.8 Å². The second-order valence-electron chi connectivity index (χ2n) is 3.87. The summed E-state index contributed by atoms with van der Waals surface area (Å²) in [5.74, 6) is 0.622. The van der Waals surface area contributed by atoms with Crippen molar-refractivity contribution in [1.29, 1.82) is 0 Å². The van der Waals surface area contributed by atoms with Gasteiger partial charge in [0.25, 0.3) is 0 Å². The number of carbonyl (C=O) groups excluding carboxylic acids is 1. The molecule has 1 aromatic heterocycles. The van der Waals surface area contributed by atoms with Gasteiger partial charge in [0.1, 0.15) is 12.4 Å². The lowest BCUT2D eigenvalue weighted by atomic mass is 10.1. The molecule has 0 amide bonds. The average Bonchev–Trinajstić information content (AvgIpc) is 2.39. The van der Waals surface area contributed by atoms with E-state index in [9.17, 15) is 4.79 Å². The van der Waals surface area contributed by atoms with Gasteiger partial charge in [0.2, 0.25) is 0 Å². The topological polar surface area (TPSA) is 39.2 Å². The number of aromatic nitrogens is 1. The van der Waals surface area contributed by atoms with Crippen LogP contribution in [0.2, 0.25) is 0 Å². The normalized spacial score (nSPS) is 10.1. The lowest BCUT2D eigenvalue weighted by molar-refractivity contribution is 0.111. The lowest BCUT2D eigenvalue weighted by Crippen LogP contribution is -2.01. The number of rotatable bonds is 4. The van der Waals surface area contributed by atoms with Gasteiger partial charge < -0.3 is 4.74 Å². The number of aryl methyl sites for hydroxylation is 1. The third-order valence-electron chi connectivity index (χ3n) is 2.52. The summed E-state index contributed by atoms with van der Waals surface area (Å²) in [5, 5.41) is 0. The van der Waals surface area contributed by atoms with Crippen molar-refractivity contribution in [2.45, 2.75) is 13.5 Å². The van der Waals surface area contributed by atoms with Crippen molar-refractivity contribution in [3.8, 4) is 5.75 Å². The van der Waals surface area contributed by atoms with Crippen LogP contribution in [-0.4, -0.2) is 11.3 Å². The Morgan fingerprint density at radius 2 is 2.17 bits per heavy atom. The molecule has 0 atom stereocenters. The first-order valence-electron chi connectivity index (χ1n) is 5.48. The summed E-state index contributed by atoms with van der Waals surface area (Å²) < 4.78 is 6.60. The molecule has 92 valence electrons. The molecular formula is C14H12BrNO2. The van der Waals surface area contributed by atoms with Crippen molar-refractivity contribution in [3.63, 3.8) is 0 Å². The van der Waals surface area contributed by atoms with Gasteiger partial charge in [-0.1, -0.05) is 12.1 Å². The first-order chi connectivity index (χ1) is 8.70. The Bertz CT molecular complexity index is 552. The molecule has 1 aromatic carbocycles. The lowest BCUT2D eigenvalue weighted by Gasteiger charge is -2.10. The zero-order chi connectivity index (χ0) is 13.0. The maximum absolute atomic E-state index is 10.9. The number of para-hydroxylation sites is 1. The van der Waals surface area contributed by atoms with E-state index in [-0.39, 0.29) is 0 Å². The summed E-state index contributed by atoms with van der Waals surface area (Å²) in [5.41, 5.74) is 2.32. The van der Waals surface area contributed by atoms with Crippen LogP contribution in [0.3, 0.4) is 0 Å². The van der Waals surface area contributed by atoms with Gasteiger partial charge >= 0.3 is 0 Å². The van der Waals surface area contributed by atoms with E-state index in [2.05, 4.69) is 20.9 Å². The summed E-state index contributed by atoms with van der Waals surface area (Å²) in [6.45, 7) is 2.26. The maximum Gasteiger partial charge on any atom is 0.153 e. The average molecular weight is 306 g/mol. The molecule has 18 heavy (non-hydrogen) atoms. The molecular weight excluding hydrogens is 294 g/mol. The van der Waals surface area contributed by atoms with E-state index in [0.717, 1.165) is 22.0 Å². The molecule has 1 heterocycles. The SMILES string of the molecule is Cc1cccc(C=O)c1OCc1ccc(Br)cn1. The van der Waals surface area contributed by atoms with Gasteiger partial charge in [-0.3, -0.25) is 9.78 Å². The molecule has 0 bridgehead atoms. The van der Waals surface area contributed by atoms with Crippen molar-refractivity contribution in [1.82, 2.24) is 4.98 Å². The number of nitrogens with zero attached hydrogens (tertiary/aromatic N) is 1. The third-order valence-corrected chi connectivity index (χ3v) is 2.99. The maximum atomic E-state index is 10.9. The third kappa shape index (κ3) is 2.96. The van der Waals surface area contributed by atoms with Gasteiger partial charge in [0.15, 0.2) is 6.29 Å². The fraction of sp³-hybridized carbons (Fsp3) is 0.143. The minimum Gasteiger partial charge on any atom is -0.486 e. The highest BCUT2D eigenvalue weighted by Crippen LogP contribution is 2.22. The highest BCUT2D eigenvalue weighted by Gasteiger charge is 2.06. The van der Waals surface area contributed by atoms with Gasteiger partial charge in [-0.2, -0.15) is 0 Å². The molecule has 0 saturated carbocycles. The van der Waals surface area contributed by atoms with Gasteiger partial charge in [0, 0.05) is 10.7 Å². The summed E-state index contributed by atoms with van der Waals surface area (Å²) in [4.78, 5) is 15.2. The number of pyridine rings is 1. The van der Waals surface area contributed by atoms with Gasteiger partial charge in [-0.05, 0) is 46.6 Å². The summed E-state index contributed by atoms with van der Waals surface area (Å²) in [6, 6.07) is 9.28. The van der Waals surface area contributed by atoms with Crippen LogP contribution in [-0.2, 0) is 6.61 Å². The molecule has 3 nitrogen and oxygen atoms in total. The monoisotopic (exact) mass is 305 g/mol. The number of aldehydes is 1. The van der Waals surface area contributed by atoms with Crippen LogP contribution in [0.25, 0.3) is 0 Å². The van der Waals surface area contributed by atoms with Crippen LogP contribution < -0.4 is 4.74 Å². The van der Waals surface area contributed by atoms with Crippen molar-refractivity contribution >= 4 is 22.2 Å². The number of ether oxygens (including phenoxy) is 1. The molecule has 2 aromatic rings. The minimum atomic E-state index is 0.346. The molecule has 0 aliphatic heterocycles. The molecule has 0 spiro atoms. The molecule has 2 rings (SSSR count). The first kappa shape index (κ1) is 12.8. The highest BCUT2D eigenvalue weighted by molar-refractivity contribution is 9.10. The Kier molecular flexibility index (Phi) is 4.10. The van der Waals surface area contributed by atoms with E-state index < -0.39 is 0 Å². The summed E-state index contributed by atoms with van der Waals surface area (Å²) >= 11 is 3.33. The zero-order valence-electron chi connectivity index (χ0n) is 9.89. The predicted octanol–water partition coefficient (Wildman–Crippen LogP) is 3.54. The van der Waals surface area contributed by atoms with E-state index >= 15 is 0 Å². The number of carbonyl (C=O) groups is 1. The Hall–Kier alpha value is -1.68. The smallest absolute Gasteiger partial charge is 0.153 e.